The SMILES string of the molecule is CSCCNc1nc2cc(C)ccc2s1. The van der Waals surface area contributed by atoms with Crippen LogP contribution >= 0.6 is 23.1 Å². The molecule has 0 bridgehead atoms. The Morgan fingerprint density at radius 2 is 2.33 bits per heavy atom. The number of nitrogens with one attached hydrogen (secondary N) is 1. The molecule has 2 rings (SSSR count). The van der Waals surface area contributed by atoms with Gasteiger partial charge in [-0.15, -0.1) is 0 Å². The summed E-state index contributed by atoms with van der Waals surface area (Å²) in [5.74, 6) is 1.12. The molecule has 1 N–H and O–H groups in total. The number of hydrogen-bond acceptors (Lipinski definition) is 4. The number of anilines is 1. The number of aromatic nitrogens is 1. The van der Waals surface area contributed by atoms with Crippen molar-refractivity contribution >= 4 is 38.4 Å². The molecule has 15 heavy (non-hydrogen) atoms. The molecule has 2 aromatic rings. The number of thioether (sulfide) groups is 1. The molecular weight excluding hydrogens is 224 g/mol. The third-order valence-corrected chi connectivity index (χ3v) is 3.73. The molecule has 0 saturated heterocycles. The van der Waals surface area contributed by atoms with Crippen LogP contribution in [0.4, 0.5) is 5.13 Å². The average molecular weight is 238 g/mol. The van der Waals surface area contributed by atoms with Crippen molar-refractivity contribution in [1.82, 2.24) is 4.98 Å². The van der Waals surface area contributed by atoms with Gasteiger partial charge >= 0.3 is 0 Å². The van der Waals surface area contributed by atoms with Crippen LogP contribution in [0.2, 0.25) is 0 Å². The van der Waals surface area contributed by atoms with Gasteiger partial charge in [-0.1, -0.05) is 17.4 Å². The van der Waals surface area contributed by atoms with E-state index in [0.717, 1.165) is 22.9 Å². The Hall–Kier alpha value is -0.740. The lowest BCUT2D eigenvalue weighted by Crippen LogP contribution is -2.02. The summed E-state index contributed by atoms with van der Waals surface area (Å²) in [6, 6.07) is 6.40. The summed E-state index contributed by atoms with van der Waals surface area (Å²) in [4.78, 5) is 4.54. The standard InChI is InChI=1S/C11H14N2S2/c1-8-3-4-10-9(7-8)13-11(15-10)12-5-6-14-2/h3-4,7H,5-6H2,1-2H3,(H,12,13). The van der Waals surface area contributed by atoms with E-state index < -0.39 is 0 Å². The molecular formula is C11H14N2S2. The van der Waals surface area contributed by atoms with E-state index in [1.165, 1.54) is 10.3 Å². The second kappa shape index (κ2) is 4.86. The maximum atomic E-state index is 4.54. The molecule has 0 atom stereocenters. The summed E-state index contributed by atoms with van der Waals surface area (Å²) in [6.07, 6.45) is 2.11. The molecule has 0 fully saturated rings. The van der Waals surface area contributed by atoms with Crippen molar-refractivity contribution in [3.63, 3.8) is 0 Å². The van der Waals surface area contributed by atoms with Gasteiger partial charge in [0.2, 0.25) is 0 Å². The van der Waals surface area contributed by atoms with Crippen molar-refractivity contribution in [3.05, 3.63) is 23.8 Å². The molecule has 4 heteroatoms. The fourth-order valence-electron chi connectivity index (χ4n) is 1.37. The van der Waals surface area contributed by atoms with Crippen molar-refractivity contribution in [2.75, 3.05) is 23.9 Å². The second-order valence-electron chi connectivity index (χ2n) is 3.41. The number of benzene rings is 1. The largest absolute Gasteiger partial charge is 0.361 e. The minimum atomic E-state index is 0.986. The van der Waals surface area contributed by atoms with E-state index in [9.17, 15) is 0 Å². The number of aryl methyl sites for hydroxylation is 1. The van der Waals surface area contributed by atoms with E-state index >= 15 is 0 Å². The van der Waals surface area contributed by atoms with Crippen molar-refractivity contribution in [3.8, 4) is 0 Å². The number of rotatable bonds is 4. The van der Waals surface area contributed by atoms with Gasteiger partial charge in [-0.3, -0.25) is 0 Å². The van der Waals surface area contributed by atoms with E-state index in [4.69, 9.17) is 0 Å². The highest BCUT2D eigenvalue weighted by molar-refractivity contribution is 7.98. The van der Waals surface area contributed by atoms with Crippen LogP contribution in [-0.4, -0.2) is 23.5 Å². The minimum Gasteiger partial charge on any atom is -0.361 e. The van der Waals surface area contributed by atoms with Crippen molar-refractivity contribution in [1.29, 1.82) is 0 Å². The van der Waals surface area contributed by atoms with Gasteiger partial charge in [0.25, 0.3) is 0 Å². The molecule has 0 unspecified atom stereocenters. The van der Waals surface area contributed by atoms with Gasteiger partial charge < -0.3 is 5.32 Å². The first-order chi connectivity index (χ1) is 7.29. The zero-order valence-electron chi connectivity index (χ0n) is 8.91. The maximum absolute atomic E-state index is 4.54. The van der Waals surface area contributed by atoms with Crippen LogP contribution in [0, 0.1) is 6.92 Å². The van der Waals surface area contributed by atoms with E-state index in [2.05, 4.69) is 41.7 Å². The highest BCUT2D eigenvalue weighted by Crippen LogP contribution is 2.26. The van der Waals surface area contributed by atoms with E-state index in [1.807, 2.05) is 11.8 Å². The van der Waals surface area contributed by atoms with Crippen molar-refractivity contribution < 1.29 is 0 Å². The Morgan fingerprint density at radius 1 is 1.47 bits per heavy atom. The first-order valence-electron chi connectivity index (χ1n) is 4.89. The summed E-state index contributed by atoms with van der Waals surface area (Å²) >= 11 is 3.57. The van der Waals surface area contributed by atoms with Crippen LogP contribution in [0.3, 0.4) is 0 Å². The Kier molecular flexibility index (Phi) is 3.49. The summed E-state index contributed by atoms with van der Waals surface area (Å²) in [7, 11) is 0. The first kappa shape index (κ1) is 10.8. The third kappa shape index (κ3) is 2.63. The summed E-state index contributed by atoms with van der Waals surface area (Å²) in [5.41, 5.74) is 2.37. The van der Waals surface area contributed by atoms with Gasteiger partial charge in [0, 0.05) is 12.3 Å². The van der Waals surface area contributed by atoms with Crippen LogP contribution < -0.4 is 5.32 Å². The van der Waals surface area contributed by atoms with Gasteiger partial charge in [0.05, 0.1) is 10.2 Å². The normalized spacial score (nSPS) is 10.8. The topological polar surface area (TPSA) is 24.9 Å². The number of nitrogens with zero attached hydrogens (tertiary/aromatic N) is 1. The monoisotopic (exact) mass is 238 g/mol. The molecule has 0 aliphatic heterocycles. The zero-order valence-corrected chi connectivity index (χ0v) is 10.5. The van der Waals surface area contributed by atoms with Crippen LogP contribution in [0.1, 0.15) is 5.56 Å². The van der Waals surface area contributed by atoms with Gasteiger partial charge in [-0.2, -0.15) is 11.8 Å². The molecule has 0 spiro atoms. The van der Waals surface area contributed by atoms with Crippen LogP contribution in [-0.2, 0) is 0 Å². The minimum absolute atomic E-state index is 0.986. The molecule has 80 valence electrons. The summed E-state index contributed by atoms with van der Waals surface area (Å²) < 4.78 is 1.26. The smallest absolute Gasteiger partial charge is 0.183 e. The zero-order chi connectivity index (χ0) is 10.7. The van der Waals surface area contributed by atoms with Gasteiger partial charge in [-0.05, 0) is 30.9 Å². The highest BCUT2D eigenvalue weighted by atomic mass is 32.2. The lowest BCUT2D eigenvalue weighted by Gasteiger charge is -1.98. The molecule has 1 heterocycles. The fourth-order valence-corrected chi connectivity index (χ4v) is 2.55. The van der Waals surface area contributed by atoms with E-state index in [0.29, 0.717) is 0 Å². The van der Waals surface area contributed by atoms with Crippen LogP contribution in [0.5, 0.6) is 0 Å². The number of thiazole rings is 1. The molecule has 0 aliphatic rings. The lowest BCUT2D eigenvalue weighted by atomic mass is 10.2. The molecule has 1 aromatic carbocycles. The maximum Gasteiger partial charge on any atom is 0.183 e. The molecule has 0 saturated carbocycles. The van der Waals surface area contributed by atoms with Crippen molar-refractivity contribution in [2.24, 2.45) is 0 Å². The fraction of sp³-hybridized carbons (Fsp3) is 0.364. The Bertz CT molecular complexity index is 451. The van der Waals surface area contributed by atoms with Gasteiger partial charge in [0.15, 0.2) is 5.13 Å². The lowest BCUT2D eigenvalue weighted by molar-refractivity contribution is 1.21. The summed E-state index contributed by atoms with van der Waals surface area (Å²) in [6.45, 7) is 3.08. The van der Waals surface area contributed by atoms with Crippen LogP contribution in [0.15, 0.2) is 18.2 Å². The first-order valence-corrected chi connectivity index (χ1v) is 7.10. The quantitative estimate of drug-likeness (QED) is 0.827. The molecule has 0 radical (unpaired) electrons. The van der Waals surface area contributed by atoms with Gasteiger partial charge in [-0.25, -0.2) is 4.98 Å². The molecule has 0 aliphatic carbocycles. The second-order valence-corrected chi connectivity index (χ2v) is 5.43. The predicted molar refractivity (Wildman–Crippen MR) is 71.2 cm³/mol. The Balaban J connectivity index is 2.16. The molecule has 0 amide bonds. The van der Waals surface area contributed by atoms with Gasteiger partial charge in [0.1, 0.15) is 0 Å². The third-order valence-electron chi connectivity index (χ3n) is 2.13. The van der Waals surface area contributed by atoms with Crippen molar-refractivity contribution in [2.45, 2.75) is 6.92 Å². The average Bonchev–Trinajstić information content (AvgIpc) is 2.60. The molecule has 1 aromatic heterocycles. The Morgan fingerprint density at radius 3 is 3.13 bits per heavy atom. The van der Waals surface area contributed by atoms with Crippen LogP contribution in [0.25, 0.3) is 10.2 Å². The summed E-state index contributed by atoms with van der Waals surface area (Å²) in [5, 5.41) is 4.37. The highest BCUT2D eigenvalue weighted by Gasteiger charge is 2.02. The number of fused-ring (bicyclic) bond motifs is 1. The van der Waals surface area contributed by atoms with E-state index in [-0.39, 0.29) is 0 Å². The Labute approximate surface area is 98.1 Å². The predicted octanol–water partition coefficient (Wildman–Crippen LogP) is 3.38. The van der Waals surface area contributed by atoms with E-state index in [1.54, 1.807) is 11.3 Å². The molecule has 2 nitrogen and oxygen atoms in total. The number of hydrogen-bond donors (Lipinski definition) is 1.